The highest BCUT2D eigenvalue weighted by atomic mass is 79.9. The third-order valence-corrected chi connectivity index (χ3v) is 3.94. The van der Waals surface area contributed by atoms with E-state index in [4.69, 9.17) is 4.74 Å². The second kappa shape index (κ2) is 5.67. The van der Waals surface area contributed by atoms with Crippen molar-refractivity contribution in [3.05, 3.63) is 50.6 Å². The van der Waals surface area contributed by atoms with Crippen LogP contribution in [0.4, 0.5) is 0 Å². The largest absolute Gasteiger partial charge is 0.493 e. The van der Waals surface area contributed by atoms with Crippen LogP contribution in [0.3, 0.4) is 0 Å². The van der Waals surface area contributed by atoms with E-state index < -0.39 is 6.10 Å². The van der Waals surface area contributed by atoms with Gasteiger partial charge in [0.15, 0.2) is 0 Å². The number of benzene rings is 1. The molecule has 0 saturated heterocycles. The Morgan fingerprint density at radius 3 is 2.82 bits per heavy atom. The summed E-state index contributed by atoms with van der Waals surface area (Å²) in [7, 11) is 0. The van der Waals surface area contributed by atoms with Gasteiger partial charge in [0.2, 0.25) is 0 Å². The van der Waals surface area contributed by atoms with Gasteiger partial charge >= 0.3 is 0 Å². The van der Waals surface area contributed by atoms with Crippen molar-refractivity contribution in [2.24, 2.45) is 0 Å². The van der Waals surface area contributed by atoms with Crippen LogP contribution in [0.1, 0.15) is 24.2 Å². The molecule has 0 amide bonds. The van der Waals surface area contributed by atoms with Gasteiger partial charge in [-0.3, -0.25) is 0 Å². The SMILES string of the molecule is CCOc1ccccc1C(O)c1csc(Br)c1. The van der Waals surface area contributed by atoms with Crippen molar-refractivity contribution in [1.82, 2.24) is 0 Å². The lowest BCUT2D eigenvalue weighted by molar-refractivity contribution is 0.212. The topological polar surface area (TPSA) is 29.5 Å². The van der Waals surface area contributed by atoms with Gasteiger partial charge in [-0.1, -0.05) is 18.2 Å². The molecular formula is C13H13BrO2S. The van der Waals surface area contributed by atoms with Crippen LogP contribution >= 0.6 is 27.3 Å². The van der Waals surface area contributed by atoms with Gasteiger partial charge in [-0.25, -0.2) is 0 Å². The molecule has 1 heterocycles. The van der Waals surface area contributed by atoms with E-state index in [1.165, 1.54) is 0 Å². The molecule has 1 aromatic heterocycles. The van der Waals surface area contributed by atoms with Crippen LogP contribution in [0.15, 0.2) is 39.5 Å². The number of para-hydroxylation sites is 1. The molecular weight excluding hydrogens is 300 g/mol. The molecule has 0 spiro atoms. The molecule has 1 unspecified atom stereocenters. The molecule has 4 heteroatoms. The summed E-state index contributed by atoms with van der Waals surface area (Å²) in [5, 5.41) is 12.3. The number of rotatable bonds is 4. The second-order valence-electron chi connectivity index (χ2n) is 3.56. The first-order valence-corrected chi connectivity index (χ1v) is 7.03. The van der Waals surface area contributed by atoms with E-state index in [2.05, 4.69) is 15.9 Å². The van der Waals surface area contributed by atoms with Gasteiger partial charge in [0.05, 0.1) is 10.4 Å². The molecule has 0 saturated carbocycles. The lowest BCUT2D eigenvalue weighted by atomic mass is 10.0. The van der Waals surface area contributed by atoms with Crippen LogP contribution in [0.5, 0.6) is 5.75 Å². The molecule has 2 nitrogen and oxygen atoms in total. The molecule has 2 rings (SSSR count). The summed E-state index contributed by atoms with van der Waals surface area (Å²) in [6, 6.07) is 9.51. The van der Waals surface area contributed by atoms with Gasteiger partial charge in [-0.05, 0) is 45.9 Å². The molecule has 0 fully saturated rings. The summed E-state index contributed by atoms with van der Waals surface area (Å²) in [4.78, 5) is 0. The normalized spacial score (nSPS) is 12.4. The molecule has 0 aliphatic rings. The van der Waals surface area contributed by atoms with Crippen LogP contribution in [-0.4, -0.2) is 11.7 Å². The Balaban J connectivity index is 2.33. The summed E-state index contributed by atoms with van der Waals surface area (Å²) in [5.74, 6) is 0.741. The second-order valence-corrected chi connectivity index (χ2v) is 5.85. The van der Waals surface area contributed by atoms with Gasteiger partial charge in [0.25, 0.3) is 0 Å². The van der Waals surface area contributed by atoms with Crippen LogP contribution in [0, 0.1) is 0 Å². The fraction of sp³-hybridized carbons (Fsp3) is 0.231. The first kappa shape index (κ1) is 12.6. The minimum Gasteiger partial charge on any atom is -0.493 e. The third-order valence-electron chi connectivity index (χ3n) is 2.42. The highest BCUT2D eigenvalue weighted by Gasteiger charge is 2.16. The molecule has 0 radical (unpaired) electrons. The van der Waals surface area contributed by atoms with Crippen LogP contribution in [0.2, 0.25) is 0 Å². The zero-order valence-corrected chi connectivity index (χ0v) is 11.8. The number of hydrogen-bond donors (Lipinski definition) is 1. The van der Waals surface area contributed by atoms with Crippen molar-refractivity contribution in [2.45, 2.75) is 13.0 Å². The Morgan fingerprint density at radius 1 is 1.41 bits per heavy atom. The monoisotopic (exact) mass is 312 g/mol. The quantitative estimate of drug-likeness (QED) is 0.925. The van der Waals surface area contributed by atoms with E-state index in [0.717, 1.165) is 20.7 Å². The number of aliphatic hydroxyl groups is 1. The van der Waals surface area contributed by atoms with Crippen LogP contribution in [0.25, 0.3) is 0 Å². The van der Waals surface area contributed by atoms with E-state index in [1.807, 2.05) is 42.6 Å². The number of aliphatic hydroxyl groups excluding tert-OH is 1. The molecule has 1 aromatic carbocycles. The van der Waals surface area contributed by atoms with E-state index in [9.17, 15) is 5.11 Å². The lowest BCUT2D eigenvalue weighted by Gasteiger charge is -2.14. The molecule has 90 valence electrons. The maximum absolute atomic E-state index is 10.3. The van der Waals surface area contributed by atoms with Gasteiger partial charge in [-0.15, -0.1) is 11.3 Å². The molecule has 17 heavy (non-hydrogen) atoms. The predicted octanol–water partition coefficient (Wildman–Crippen LogP) is 3.99. The fourth-order valence-electron chi connectivity index (χ4n) is 1.64. The average molecular weight is 313 g/mol. The molecule has 0 aliphatic carbocycles. The van der Waals surface area contributed by atoms with E-state index in [-0.39, 0.29) is 0 Å². The number of hydrogen-bond acceptors (Lipinski definition) is 3. The fourth-order valence-corrected chi connectivity index (χ4v) is 2.83. The Labute approximate surface area is 113 Å². The van der Waals surface area contributed by atoms with Crippen LogP contribution in [-0.2, 0) is 0 Å². The first-order chi connectivity index (χ1) is 8.22. The van der Waals surface area contributed by atoms with Gasteiger partial charge in [-0.2, -0.15) is 0 Å². The summed E-state index contributed by atoms with van der Waals surface area (Å²) in [6.45, 7) is 2.53. The average Bonchev–Trinajstić information content (AvgIpc) is 2.76. The van der Waals surface area contributed by atoms with Gasteiger partial charge in [0.1, 0.15) is 11.9 Å². The highest BCUT2D eigenvalue weighted by Crippen LogP contribution is 2.33. The van der Waals surface area contributed by atoms with E-state index in [1.54, 1.807) is 11.3 Å². The Kier molecular flexibility index (Phi) is 4.20. The van der Waals surface area contributed by atoms with Crippen LogP contribution < -0.4 is 4.74 Å². The maximum atomic E-state index is 10.3. The minimum absolute atomic E-state index is 0.594. The number of thiophene rings is 1. The number of halogens is 1. The molecule has 0 aliphatic heterocycles. The Morgan fingerprint density at radius 2 is 2.18 bits per heavy atom. The Hall–Kier alpha value is -0.840. The number of ether oxygens (including phenoxy) is 1. The highest BCUT2D eigenvalue weighted by molar-refractivity contribution is 9.11. The summed E-state index contributed by atoms with van der Waals surface area (Å²) < 4.78 is 6.53. The standard InChI is InChI=1S/C13H13BrO2S/c1-2-16-11-6-4-3-5-10(11)13(15)9-7-12(14)17-8-9/h3-8,13,15H,2H2,1H3. The summed E-state index contributed by atoms with van der Waals surface area (Å²) in [6.07, 6.45) is -0.639. The molecule has 0 bridgehead atoms. The van der Waals surface area contributed by atoms with Crippen molar-refractivity contribution in [2.75, 3.05) is 6.61 Å². The zero-order valence-electron chi connectivity index (χ0n) is 9.39. The van der Waals surface area contributed by atoms with E-state index in [0.29, 0.717) is 6.61 Å². The lowest BCUT2D eigenvalue weighted by Crippen LogP contribution is -2.02. The Bertz CT molecular complexity index is 496. The minimum atomic E-state index is -0.639. The molecule has 1 N–H and O–H groups in total. The van der Waals surface area contributed by atoms with Gasteiger partial charge in [0, 0.05) is 5.56 Å². The van der Waals surface area contributed by atoms with Crippen molar-refractivity contribution in [1.29, 1.82) is 0 Å². The first-order valence-electron chi connectivity index (χ1n) is 5.36. The van der Waals surface area contributed by atoms with Crippen molar-refractivity contribution in [3.63, 3.8) is 0 Å². The summed E-state index contributed by atoms with van der Waals surface area (Å²) >= 11 is 4.96. The maximum Gasteiger partial charge on any atom is 0.125 e. The zero-order chi connectivity index (χ0) is 12.3. The van der Waals surface area contributed by atoms with Crippen molar-refractivity contribution >= 4 is 27.3 Å². The molecule has 2 aromatic rings. The van der Waals surface area contributed by atoms with Crippen molar-refractivity contribution < 1.29 is 9.84 Å². The smallest absolute Gasteiger partial charge is 0.125 e. The van der Waals surface area contributed by atoms with Crippen molar-refractivity contribution in [3.8, 4) is 5.75 Å². The predicted molar refractivity (Wildman–Crippen MR) is 73.7 cm³/mol. The third kappa shape index (κ3) is 2.89. The molecule has 1 atom stereocenters. The van der Waals surface area contributed by atoms with E-state index >= 15 is 0 Å². The summed E-state index contributed by atoms with van der Waals surface area (Å²) in [5.41, 5.74) is 1.69. The van der Waals surface area contributed by atoms with Gasteiger partial charge < -0.3 is 9.84 Å².